The van der Waals surface area contributed by atoms with Crippen LogP contribution in [-0.2, 0) is 9.53 Å². The summed E-state index contributed by atoms with van der Waals surface area (Å²) < 4.78 is 5.15. The van der Waals surface area contributed by atoms with Crippen LogP contribution in [0.3, 0.4) is 0 Å². The van der Waals surface area contributed by atoms with E-state index in [1.54, 1.807) is 31.1 Å². The molecule has 1 saturated heterocycles. The molecule has 0 bridgehead atoms. The minimum Gasteiger partial charge on any atom is -0.479 e. The first-order valence-corrected chi connectivity index (χ1v) is 7.98. The largest absolute Gasteiger partial charge is 0.479 e. The van der Waals surface area contributed by atoms with Gasteiger partial charge in [0, 0.05) is 18.3 Å². The lowest BCUT2D eigenvalue weighted by atomic mass is 9.99. The van der Waals surface area contributed by atoms with Crippen molar-refractivity contribution in [3.8, 4) is 0 Å². The number of halogens is 1. The number of thiazole rings is 1. The zero-order valence-corrected chi connectivity index (χ0v) is 14.1. The summed E-state index contributed by atoms with van der Waals surface area (Å²) in [5, 5.41) is 14.7. The Hall–Kier alpha value is -1.54. The average molecular weight is 348 g/mol. The number of hydrogen-bond acceptors (Lipinski definition) is 6. The molecule has 9 heteroatoms. The predicted octanol–water partition coefficient (Wildman–Crippen LogP) is 2.35. The average Bonchev–Trinajstić information content (AvgIpc) is 2.94. The van der Waals surface area contributed by atoms with E-state index >= 15 is 0 Å². The fourth-order valence-corrected chi connectivity index (χ4v) is 3.17. The lowest BCUT2D eigenvalue weighted by Crippen LogP contribution is -2.57. The molecule has 7 nitrogen and oxygen atoms in total. The number of nitrogens with one attached hydrogen (secondary N) is 1. The van der Waals surface area contributed by atoms with Crippen molar-refractivity contribution in [3.05, 3.63) is 10.5 Å². The van der Waals surface area contributed by atoms with Gasteiger partial charge >= 0.3 is 12.1 Å². The second-order valence-corrected chi connectivity index (χ2v) is 7.36. The number of hydrogen-bond donors (Lipinski definition) is 2. The lowest BCUT2D eigenvalue weighted by molar-refractivity contribution is -0.143. The highest BCUT2D eigenvalue weighted by Crippen LogP contribution is 2.31. The van der Waals surface area contributed by atoms with E-state index in [0.717, 1.165) is 0 Å². The molecule has 1 unspecified atom stereocenters. The van der Waals surface area contributed by atoms with Crippen LogP contribution in [0.1, 0.15) is 27.2 Å². The van der Waals surface area contributed by atoms with Gasteiger partial charge in [-0.2, -0.15) is 0 Å². The van der Waals surface area contributed by atoms with Crippen molar-refractivity contribution in [1.82, 2.24) is 10.3 Å². The van der Waals surface area contributed by atoms with E-state index in [2.05, 4.69) is 10.3 Å². The summed E-state index contributed by atoms with van der Waals surface area (Å²) in [4.78, 5) is 29.5. The zero-order chi connectivity index (χ0) is 16.5. The number of carboxylic acid groups (broad SMARTS) is 1. The van der Waals surface area contributed by atoms with Crippen molar-refractivity contribution in [1.29, 1.82) is 0 Å². The third kappa shape index (κ3) is 3.80. The predicted molar refractivity (Wildman–Crippen MR) is 83.7 cm³/mol. The monoisotopic (exact) mass is 347 g/mol. The van der Waals surface area contributed by atoms with E-state index in [9.17, 15) is 14.7 Å². The van der Waals surface area contributed by atoms with Gasteiger partial charge in [-0.15, -0.1) is 11.3 Å². The van der Waals surface area contributed by atoms with Gasteiger partial charge in [0.2, 0.25) is 0 Å². The number of nitrogens with zero attached hydrogens (tertiary/aromatic N) is 2. The molecule has 0 aliphatic carbocycles. The number of carbonyl (C=O) groups excluding carboxylic acids is 1. The van der Waals surface area contributed by atoms with Gasteiger partial charge in [0.1, 0.15) is 10.8 Å². The molecule has 0 aromatic carbocycles. The number of alkyl carbamates (subject to hydrolysis) is 1. The summed E-state index contributed by atoms with van der Waals surface area (Å²) in [5.41, 5.74) is -2.08. The van der Waals surface area contributed by atoms with Crippen LogP contribution in [0.15, 0.2) is 5.38 Å². The van der Waals surface area contributed by atoms with Gasteiger partial charge in [0.25, 0.3) is 0 Å². The number of rotatable bonds is 3. The Morgan fingerprint density at radius 1 is 1.55 bits per heavy atom. The first-order chi connectivity index (χ1) is 10.1. The van der Waals surface area contributed by atoms with E-state index in [4.69, 9.17) is 16.3 Å². The van der Waals surface area contributed by atoms with Crippen LogP contribution in [0.5, 0.6) is 0 Å². The summed E-state index contributed by atoms with van der Waals surface area (Å²) in [5.74, 6) is -1.09. The number of aliphatic carboxylic acids is 1. The molecule has 22 heavy (non-hydrogen) atoms. The Balaban J connectivity index is 2.11. The summed E-state index contributed by atoms with van der Waals surface area (Å²) in [6.07, 6.45) is -0.479. The number of amides is 1. The van der Waals surface area contributed by atoms with Gasteiger partial charge < -0.3 is 20.1 Å². The summed E-state index contributed by atoms with van der Waals surface area (Å²) in [6, 6.07) is 0. The van der Waals surface area contributed by atoms with Gasteiger partial charge in [-0.25, -0.2) is 14.6 Å². The lowest BCUT2D eigenvalue weighted by Gasteiger charge is -2.28. The van der Waals surface area contributed by atoms with Gasteiger partial charge in [-0.3, -0.25) is 0 Å². The fraction of sp³-hybridized carbons (Fsp3) is 0.615. The van der Waals surface area contributed by atoms with E-state index in [1.165, 1.54) is 11.3 Å². The SMILES string of the molecule is CC(C)(C)OC(=O)NC1(C(=O)O)CCN(c2nc(Cl)cs2)C1. The molecule has 1 aromatic heterocycles. The van der Waals surface area contributed by atoms with Crippen LogP contribution in [0.25, 0.3) is 0 Å². The maximum atomic E-state index is 11.9. The zero-order valence-electron chi connectivity index (χ0n) is 12.6. The molecule has 1 atom stereocenters. The Morgan fingerprint density at radius 3 is 2.73 bits per heavy atom. The maximum absolute atomic E-state index is 11.9. The van der Waals surface area contributed by atoms with Crippen molar-refractivity contribution in [3.63, 3.8) is 0 Å². The first kappa shape index (κ1) is 16.8. The van der Waals surface area contributed by atoms with Crippen molar-refractivity contribution in [2.24, 2.45) is 0 Å². The molecule has 1 aliphatic heterocycles. The molecule has 0 spiro atoms. The molecule has 2 rings (SSSR count). The van der Waals surface area contributed by atoms with Crippen molar-refractivity contribution >= 4 is 40.1 Å². The summed E-state index contributed by atoms with van der Waals surface area (Å²) in [7, 11) is 0. The number of anilines is 1. The highest BCUT2D eigenvalue weighted by Gasteiger charge is 2.47. The molecule has 1 fully saturated rings. The molecule has 0 radical (unpaired) electrons. The van der Waals surface area contributed by atoms with E-state index < -0.39 is 23.2 Å². The van der Waals surface area contributed by atoms with Crippen LogP contribution in [-0.4, -0.2) is 46.4 Å². The fourth-order valence-electron chi connectivity index (χ4n) is 2.19. The number of carbonyl (C=O) groups is 2. The second kappa shape index (κ2) is 5.92. The smallest absolute Gasteiger partial charge is 0.408 e. The van der Waals surface area contributed by atoms with Crippen LogP contribution in [0.4, 0.5) is 9.93 Å². The van der Waals surface area contributed by atoms with Crippen molar-refractivity contribution in [2.45, 2.75) is 38.3 Å². The van der Waals surface area contributed by atoms with Gasteiger partial charge in [0.15, 0.2) is 10.7 Å². The van der Waals surface area contributed by atoms with Crippen LogP contribution < -0.4 is 10.2 Å². The molecular weight excluding hydrogens is 330 g/mol. The Labute approximate surface area is 137 Å². The number of ether oxygens (including phenoxy) is 1. The van der Waals surface area contributed by atoms with E-state index in [1.807, 2.05) is 0 Å². The molecule has 2 N–H and O–H groups in total. The van der Waals surface area contributed by atoms with E-state index in [-0.39, 0.29) is 13.0 Å². The molecule has 0 saturated carbocycles. The number of aromatic nitrogens is 1. The maximum Gasteiger partial charge on any atom is 0.408 e. The van der Waals surface area contributed by atoms with Crippen molar-refractivity contribution < 1.29 is 19.4 Å². The topological polar surface area (TPSA) is 91.8 Å². The molecule has 1 amide bonds. The minimum absolute atomic E-state index is 0.116. The van der Waals surface area contributed by atoms with E-state index in [0.29, 0.717) is 16.8 Å². The number of carboxylic acids is 1. The minimum atomic E-state index is -1.39. The molecular formula is C13H18ClN3O4S. The molecule has 1 aliphatic rings. The summed E-state index contributed by atoms with van der Waals surface area (Å²) >= 11 is 7.13. The third-order valence-corrected chi connectivity index (χ3v) is 4.38. The quantitative estimate of drug-likeness (QED) is 0.872. The van der Waals surface area contributed by atoms with Gasteiger partial charge in [-0.05, 0) is 20.8 Å². The van der Waals surface area contributed by atoms with Crippen LogP contribution in [0, 0.1) is 0 Å². The van der Waals surface area contributed by atoms with Crippen molar-refractivity contribution in [2.75, 3.05) is 18.0 Å². The second-order valence-electron chi connectivity index (χ2n) is 6.14. The molecule has 1 aromatic rings. The first-order valence-electron chi connectivity index (χ1n) is 6.72. The Kier molecular flexibility index (Phi) is 4.53. The Bertz CT molecular complexity index is 586. The normalized spacial score (nSPS) is 21.7. The van der Waals surface area contributed by atoms with Gasteiger partial charge in [-0.1, -0.05) is 11.6 Å². The molecule has 2 heterocycles. The van der Waals surface area contributed by atoms with Crippen LogP contribution in [0.2, 0.25) is 5.15 Å². The van der Waals surface area contributed by atoms with Gasteiger partial charge in [0.05, 0.1) is 6.54 Å². The summed E-state index contributed by atoms with van der Waals surface area (Å²) in [6.45, 7) is 5.74. The highest BCUT2D eigenvalue weighted by molar-refractivity contribution is 7.14. The Morgan fingerprint density at radius 2 is 2.23 bits per heavy atom. The van der Waals surface area contributed by atoms with Crippen LogP contribution >= 0.6 is 22.9 Å². The third-order valence-electron chi connectivity index (χ3n) is 3.15. The molecule has 122 valence electrons. The standard InChI is InChI=1S/C13H18ClN3O4S/c1-12(2,3)21-11(20)16-13(9(18)19)4-5-17(7-13)10-15-8(14)6-22-10/h6H,4-5,7H2,1-3H3,(H,16,20)(H,18,19). The highest BCUT2D eigenvalue weighted by atomic mass is 35.5.